The second kappa shape index (κ2) is 7.72. The Morgan fingerprint density at radius 3 is 2.83 bits per heavy atom. The third-order valence-corrected chi connectivity index (χ3v) is 6.49. The van der Waals surface area contributed by atoms with Crippen LogP contribution in [0.3, 0.4) is 0 Å². The number of nitrogen functional groups attached to an aromatic ring is 1. The molecule has 1 aliphatic carbocycles. The van der Waals surface area contributed by atoms with E-state index in [0.717, 1.165) is 33.6 Å². The Morgan fingerprint density at radius 1 is 1.27 bits per heavy atom. The molecule has 2 fully saturated rings. The van der Waals surface area contributed by atoms with Gasteiger partial charge in [0.15, 0.2) is 0 Å². The van der Waals surface area contributed by atoms with Gasteiger partial charge in [0.25, 0.3) is 0 Å². The molecule has 0 atom stereocenters. The van der Waals surface area contributed by atoms with Gasteiger partial charge in [-0.1, -0.05) is 18.2 Å². The average Bonchev–Trinajstić information content (AvgIpc) is 3.05. The second-order valence-electron chi connectivity index (χ2n) is 8.66. The molecule has 30 heavy (non-hydrogen) atoms. The number of carbonyl (C=O) groups is 1. The lowest BCUT2D eigenvalue weighted by Crippen LogP contribution is -2.43. The summed E-state index contributed by atoms with van der Waals surface area (Å²) in [5.41, 5.74) is 10.4. The molecule has 1 saturated heterocycles. The largest absolute Gasteiger partial charge is 0.383 e. The van der Waals surface area contributed by atoms with Crippen LogP contribution in [0.1, 0.15) is 37.8 Å². The van der Waals surface area contributed by atoms with Crippen LogP contribution in [0.25, 0.3) is 22.2 Å². The third-order valence-electron chi connectivity index (χ3n) is 6.49. The number of hydrogen-bond acceptors (Lipinski definition) is 5. The van der Waals surface area contributed by atoms with Crippen molar-refractivity contribution in [3.05, 3.63) is 42.4 Å². The molecule has 5 rings (SSSR count). The third kappa shape index (κ3) is 3.54. The Kier molecular flexibility index (Phi) is 4.90. The van der Waals surface area contributed by atoms with Crippen LogP contribution in [0, 0.1) is 5.92 Å². The van der Waals surface area contributed by atoms with E-state index in [1.165, 1.54) is 45.8 Å². The number of nitrogens with two attached hydrogens (primary N) is 1. The predicted molar refractivity (Wildman–Crippen MR) is 118 cm³/mol. The Balaban J connectivity index is 1.45. The van der Waals surface area contributed by atoms with E-state index in [1.807, 2.05) is 12.1 Å². The Morgan fingerprint density at radius 2 is 2.10 bits per heavy atom. The van der Waals surface area contributed by atoms with E-state index in [9.17, 15) is 4.79 Å². The zero-order valence-corrected chi connectivity index (χ0v) is 17.3. The number of rotatable bonds is 6. The van der Waals surface area contributed by atoms with Gasteiger partial charge in [0.2, 0.25) is 5.91 Å². The van der Waals surface area contributed by atoms with Gasteiger partial charge in [-0.15, -0.1) is 0 Å². The lowest BCUT2D eigenvalue weighted by Gasteiger charge is -2.42. The van der Waals surface area contributed by atoms with Crippen molar-refractivity contribution in [1.29, 1.82) is 0 Å². The SMILES string of the molecule is CC(=O)NCc1cccc(-c2cn([C@H]3C[C@@H](CN4CCC4)C3)c3ncnc(N)c23)c1. The minimum atomic E-state index is -0.0348. The maximum atomic E-state index is 11.3. The number of amides is 1. The summed E-state index contributed by atoms with van der Waals surface area (Å²) in [6, 6.07) is 8.68. The molecule has 3 aromatic rings. The quantitative estimate of drug-likeness (QED) is 0.659. The number of aromatic nitrogens is 3. The first-order valence-electron chi connectivity index (χ1n) is 10.8. The summed E-state index contributed by atoms with van der Waals surface area (Å²) >= 11 is 0. The second-order valence-corrected chi connectivity index (χ2v) is 8.66. The standard InChI is InChI=1S/C23H28N6O/c1-15(30)25-11-16-4-2-5-18(8-16)20-13-29(23-21(20)22(24)26-14-27-23)19-9-17(10-19)12-28-6-3-7-28/h2,4-5,8,13-14,17,19H,3,6-7,9-12H2,1H3,(H,25,30)(H2,24,26,27)/t17-,19+. The zero-order chi connectivity index (χ0) is 20.7. The number of anilines is 1. The van der Waals surface area contributed by atoms with Crippen LogP contribution in [0.2, 0.25) is 0 Å². The van der Waals surface area contributed by atoms with Crippen molar-refractivity contribution in [3.63, 3.8) is 0 Å². The molecule has 0 unspecified atom stereocenters. The van der Waals surface area contributed by atoms with Gasteiger partial charge >= 0.3 is 0 Å². The number of nitrogens with zero attached hydrogens (tertiary/aromatic N) is 4. The maximum Gasteiger partial charge on any atom is 0.217 e. The average molecular weight is 405 g/mol. The van der Waals surface area contributed by atoms with Crippen molar-refractivity contribution >= 4 is 22.8 Å². The highest BCUT2D eigenvalue weighted by molar-refractivity contribution is 6.00. The van der Waals surface area contributed by atoms with Crippen molar-refractivity contribution in [3.8, 4) is 11.1 Å². The fourth-order valence-electron chi connectivity index (χ4n) is 4.69. The van der Waals surface area contributed by atoms with Crippen LogP contribution >= 0.6 is 0 Å². The van der Waals surface area contributed by atoms with Crippen LogP contribution in [-0.4, -0.2) is 45.0 Å². The van der Waals surface area contributed by atoms with Gasteiger partial charge in [-0.05, 0) is 55.5 Å². The van der Waals surface area contributed by atoms with E-state index in [-0.39, 0.29) is 5.91 Å². The summed E-state index contributed by atoms with van der Waals surface area (Å²) in [6.45, 7) is 5.79. The predicted octanol–water partition coefficient (Wildman–Crippen LogP) is 2.97. The summed E-state index contributed by atoms with van der Waals surface area (Å²) in [7, 11) is 0. The van der Waals surface area contributed by atoms with Crippen LogP contribution < -0.4 is 11.1 Å². The minimum Gasteiger partial charge on any atom is -0.383 e. The van der Waals surface area contributed by atoms with Gasteiger partial charge in [-0.25, -0.2) is 9.97 Å². The molecule has 7 nitrogen and oxygen atoms in total. The van der Waals surface area contributed by atoms with Gasteiger partial charge in [-0.2, -0.15) is 0 Å². The van der Waals surface area contributed by atoms with E-state index >= 15 is 0 Å². The van der Waals surface area contributed by atoms with Crippen molar-refractivity contribution in [2.45, 2.75) is 38.8 Å². The molecule has 156 valence electrons. The fraction of sp³-hybridized carbons (Fsp3) is 0.435. The zero-order valence-electron chi connectivity index (χ0n) is 17.3. The summed E-state index contributed by atoms with van der Waals surface area (Å²) in [5, 5.41) is 3.78. The van der Waals surface area contributed by atoms with E-state index in [2.05, 4.69) is 43.1 Å². The Hall–Kier alpha value is -2.93. The molecule has 0 bridgehead atoms. The van der Waals surface area contributed by atoms with E-state index < -0.39 is 0 Å². The first kappa shape index (κ1) is 19.1. The molecule has 3 heterocycles. The van der Waals surface area contributed by atoms with Gasteiger partial charge in [0, 0.05) is 37.8 Å². The first-order chi connectivity index (χ1) is 14.6. The highest BCUT2D eigenvalue weighted by atomic mass is 16.1. The highest BCUT2D eigenvalue weighted by Crippen LogP contribution is 2.43. The molecule has 1 amide bonds. The molecule has 3 N–H and O–H groups in total. The molecule has 7 heteroatoms. The van der Waals surface area contributed by atoms with Crippen LogP contribution in [-0.2, 0) is 11.3 Å². The molecule has 0 spiro atoms. The van der Waals surface area contributed by atoms with Crippen molar-refractivity contribution in [2.75, 3.05) is 25.4 Å². The number of likely N-dealkylation sites (tertiary alicyclic amines) is 1. The molecule has 1 aromatic carbocycles. The summed E-state index contributed by atoms with van der Waals surface area (Å²) in [5.74, 6) is 1.25. The number of benzene rings is 1. The minimum absolute atomic E-state index is 0.0348. The molecule has 2 aliphatic rings. The molecule has 2 aromatic heterocycles. The lowest BCUT2D eigenvalue weighted by molar-refractivity contribution is -0.119. The summed E-state index contributed by atoms with van der Waals surface area (Å²) in [6.07, 6.45) is 7.47. The highest BCUT2D eigenvalue weighted by Gasteiger charge is 2.34. The summed E-state index contributed by atoms with van der Waals surface area (Å²) < 4.78 is 2.30. The van der Waals surface area contributed by atoms with Crippen LogP contribution in [0.5, 0.6) is 0 Å². The smallest absolute Gasteiger partial charge is 0.217 e. The lowest BCUT2D eigenvalue weighted by atomic mass is 9.79. The molecule has 0 radical (unpaired) electrons. The van der Waals surface area contributed by atoms with Gasteiger partial charge in [0.1, 0.15) is 17.8 Å². The monoisotopic (exact) mass is 404 g/mol. The van der Waals surface area contributed by atoms with E-state index in [0.29, 0.717) is 18.4 Å². The summed E-state index contributed by atoms with van der Waals surface area (Å²) in [4.78, 5) is 22.7. The van der Waals surface area contributed by atoms with Crippen LogP contribution in [0.15, 0.2) is 36.8 Å². The number of nitrogens with one attached hydrogen (secondary N) is 1. The number of carbonyl (C=O) groups excluding carboxylic acids is 1. The molecular formula is C23H28N6O. The Bertz CT molecular complexity index is 1080. The van der Waals surface area contributed by atoms with Crippen molar-refractivity contribution in [2.24, 2.45) is 5.92 Å². The number of hydrogen-bond donors (Lipinski definition) is 2. The first-order valence-corrected chi connectivity index (χ1v) is 10.8. The normalized spacial score (nSPS) is 21.2. The van der Waals surface area contributed by atoms with Gasteiger partial charge < -0.3 is 20.5 Å². The molecular weight excluding hydrogens is 376 g/mol. The van der Waals surface area contributed by atoms with E-state index in [1.54, 1.807) is 6.33 Å². The molecule has 1 aliphatic heterocycles. The number of fused-ring (bicyclic) bond motifs is 1. The van der Waals surface area contributed by atoms with Gasteiger partial charge in [-0.3, -0.25) is 4.79 Å². The maximum absolute atomic E-state index is 11.3. The van der Waals surface area contributed by atoms with Crippen LogP contribution in [0.4, 0.5) is 5.82 Å². The topological polar surface area (TPSA) is 89.1 Å². The molecule has 1 saturated carbocycles. The van der Waals surface area contributed by atoms with Gasteiger partial charge in [0.05, 0.1) is 5.39 Å². The van der Waals surface area contributed by atoms with Crippen molar-refractivity contribution in [1.82, 2.24) is 24.8 Å². The fourth-order valence-corrected chi connectivity index (χ4v) is 4.69. The van der Waals surface area contributed by atoms with Crippen molar-refractivity contribution < 1.29 is 4.79 Å². The van der Waals surface area contributed by atoms with E-state index in [4.69, 9.17) is 5.73 Å². The Labute approximate surface area is 176 Å².